The Kier molecular flexibility index (Phi) is 6.75. The molecule has 0 heterocycles. The van der Waals surface area contributed by atoms with Crippen molar-refractivity contribution in [2.45, 2.75) is 31.2 Å². The van der Waals surface area contributed by atoms with Crippen molar-refractivity contribution < 1.29 is 17.6 Å². The Labute approximate surface area is 182 Å². The zero-order valence-electron chi connectivity index (χ0n) is 17.7. The number of anilines is 1. The first-order valence-electron chi connectivity index (χ1n) is 9.86. The summed E-state index contributed by atoms with van der Waals surface area (Å²) in [6.45, 7) is 3.73. The summed E-state index contributed by atoms with van der Waals surface area (Å²) in [5.41, 5.74) is 3.06. The smallest absolute Gasteiger partial charge is 0.264 e. The molecule has 31 heavy (non-hydrogen) atoms. The number of hydrogen-bond donors (Lipinski definition) is 1. The first kappa shape index (κ1) is 22.5. The largest absolute Gasteiger partial charge is 0.349 e. The molecule has 162 valence electrons. The first-order chi connectivity index (χ1) is 14.7. The molecule has 0 radical (unpaired) electrons. The van der Waals surface area contributed by atoms with Crippen molar-refractivity contribution in [2.24, 2.45) is 0 Å². The van der Waals surface area contributed by atoms with Crippen molar-refractivity contribution in [1.29, 1.82) is 0 Å². The van der Waals surface area contributed by atoms with Gasteiger partial charge in [0.15, 0.2) is 0 Å². The van der Waals surface area contributed by atoms with E-state index in [2.05, 4.69) is 5.32 Å². The Hall–Kier alpha value is -3.19. The highest BCUT2D eigenvalue weighted by atomic mass is 32.2. The fraction of sp³-hybridized carbons (Fsp3) is 0.208. The topological polar surface area (TPSA) is 66.5 Å². The normalized spacial score (nSPS) is 12.3. The lowest BCUT2D eigenvalue weighted by Gasteiger charge is -2.20. The van der Waals surface area contributed by atoms with Crippen LogP contribution in [-0.4, -0.2) is 21.4 Å². The van der Waals surface area contributed by atoms with Crippen molar-refractivity contribution in [2.75, 3.05) is 11.4 Å². The fourth-order valence-corrected chi connectivity index (χ4v) is 4.34. The van der Waals surface area contributed by atoms with E-state index in [0.29, 0.717) is 5.69 Å². The Balaban J connectivity index is 1.64. The fourth-order valence-electron chi connectivity index (χ4n) is 3.14. The lowest BCUT2D eigenvalue weighted by atomic mass is 10.1. The average molecular weight is 441 g/mol. The van der Waals surface area contributed by atoms with Gasteiger partial charge in [0.25, 0.3) is 10.0 Å². The number of sulfonamides is 1. The zero-order chi connectivity index (χ0) is 22.6. The zero-order valence-corrected chi connectivity index (χ0v) is 18.5. The Morgan fingerprint density at radius 1 is 0.968 bits per heavy atom. The lowest BCUT2D eigenvalue weighted by molar-refractivity contribution is -0.121. The minimum absolute atomic E-state index is 0.153. The second-order valence-electron chi connectivity index (χ2n) is 7.47. The molecule has 1 amide bonds. The second-order valence-corrected chi connectivity index (χ2v) is 9.44. The quantitative estimate of drug-likeness (QED) is 0.593. The molecule has 3 rings (SSSR count). The van der Waals surface area contributed by atoms with Crippen molar-refractivity contribution in [3.63, 3.8) is 0 Å². The number of nitrogens with zero attached hydrogens (tertiary/aromatic N) is 1. The molecule has 0 aliphatic rings. The van der Waals surface area contributed by atoms with Crippen molar-refractivity contribution >= 4 is 21.6 Å². The molecule has 0 saturated heterocycles. The van der Waals surface area contributed by atoms with Gasteiger partial charge in [-0.2, -0.15) is 0 Å². The number of halogens is 1. The summed E-state index contributed by atoms with van der Waals surface area (Å²) < 4.78 is 39.9. The van der Waals surface area contributed by atoms with Crippen LogP contribution in [-0.2, 0) is 21.2 Å². The van der Waals surface area contributed by atoms with Gasteiger partial charge in [0.2, 0.25) is 5.91 Å². The summed E-state index contributed by atoms with van der Waals surface area (Å²) in [5, 5.41) is 2.88. The number of nitrogens with one attached hydrogen (secondary N) is 1. The third kappa shape index (κ3) is 5.49. The maximum atomic E-state index is 13.0. The van der Waals surface area contributed by atoms with Crippen LogP contribution >= 0.6 is 0 Å². The summed E-state index contributed by atoms with van der Waals surface area (Å²) in [6, 6.07) is 19.3. The number of carbonyl (C=O) groups is 1. The van der Waals surface area contributed by atoms with Gasteiger partial charge in [0.1, 0.15) is 5.82 Å². The molecule has 0 spiro atoms. The van der Waals surface area contributed by atoms with Gasteiger partial charge in [0, 0.05) is 7.05 Å². The van der Waals surface area contributed by atoms with Gasteiger partial charge in [0.05, 0.1) is 23.0 Å². The van der Waals surface area contributed by atoms with E-state index in [1.165, 1.54) is 23.5 Å². The number of rotatable bonds is 7. The van der Waals surface area contributed by atoms with E-state index in [-0.39, 0.29) is 29.1 Å². The molecule has 0 saturated carbocycles. The van der Waals surface area contributed by atoms with Gasteiger partial charge in [-0.3, -0.25) is 9.10 Å². The molecular formula is C24H25FN2O3S. The van der Waals surface area contributed by atoms with Crippen LogP contribution < -0.4 is 9.62 Å². The predicted octanol–water partition coefficient (Wildman–Crippen LogP) is 4.38. The third-order valence-corrected chi connectivity index (χ3v) is 6.89. The van der Waals surface area contributed by atoms with E-state index in [9.17, 15) is 17.6 Å². The van der Waals surface area contributed by atoms with E-state index in [1.807, 2.05) is 13.8 Å². The van der Waals surface area contributed by atoms with E-state index in [4.69, 9.17) is 0 Å². The van der Waals surface area contributed by atoms with Crippen LogP contribution in [0.2, 0.25) is 0 Å². The molecule has 0 aromatic heterocycles. The molecule has 0 bridgehead atoms. The molecule has 5 nitrogen and oxygen atoms in total. The Morgan fingerprint density at radius 2 is 1.55 bits per heavy atom. The summed E-state index contributed by atoms with van der Waals surface area (Å²) in [4.78, 5) is 12.6. The first-order valence-corrected chi connectivity index (χ1v) is 11.3. The van der Waals surface area contributed by atoms with Crippen LogP contribution in [0, 0.1) is 12.7 Å². The molecule has 1 atom stereocenters. The summed E-state index contributed by atoms with van der Waals surface area (Å²) in [5.74, 6) is -0.498. The van der Waals surface area contributed by atoms with Crippen LogP contribution in [0.4, 0.5) is 10.1 Å². The molecule has 3 aromatic rings. The van der Waals surface area contributed by atoms with Crippen molar-refractivity contribution in [3.05, 3.63) is 95.3 Å². The van der Waals surface area contributed by atoms with E-state index >= 15 is 0 Å². The average Bonchev–Trinajstić information content (AvgIpc) is 2.74. The number of amides is 1. The number of benzene rings is 3. The highest BCUT2D eigenvalue weighted by Gasteiger charge is 2.21. The molecule has 0 fully saturated rings. The monoisotopic (exact) mass is 440 g/mol. The summed E-state index contributed by atoms with van der Waals surface area (Å²) in [6.07, 6.45) is 0.153. The van der Waals surface area contributed by atoms with Crippen LogP contribution in [0.5, 0.6) is 0 Å². The molecule has 7 heteroatoms. The molecule has 1 N–H and O–H groups in total. The minimum Gasteiger partial charge on any atom is -0.349 e. The lowest BCUT2D eigenvalue weighted by Crippen LogP contribution is -2.28. The van der Waals surface area contributed by atoms with Gasteiger partial charge >= 0.3 is 0 Å². The van der Waals surface area contributed by atoms with Crippen LogP contribution in [0.15, 0.2) is 77.7 Å². The van der Waals surface area contributed by atoms with Gasteiger partial charge in [-0.25, -0.2) is 12.8 Å². The number of carbonyl (C=O) groups excluding carboxylic acids is 1. The SMILES string of the molecule is Cc1ccc(S(=O)(=O)N(C)c2ccc(CC(=O)NC(C)c3ccc(F)cc3)cc2)cc1. The Morgan fingerprint density at radius 3 is 2.13 bits per heavy atom. The van der Waals surface area contributed by atoms with E-state index < -0.39 is 10.0 Å². The predicted molar refractivity (Wildman–Crippen MR) is 120 cm³/mol. The number of aryl methyl sites for hydroxylation is 1. The van der Waals surface area contributed by atoms with Crippen LogP contribution in [0.3, 0.4) is 0 Å². The van der Waals surface area contributed by atoms with E-state index in [1.54, 1.807) is 60.7 Å². The molecule has 3 aromatic carbocycles. The van der Waals surface area contributed by atoms with Crippen molar-refractivity contribution in [1.82, 2.24) is 5.32 Å². The maximum Gasteiger partial charge on any atom is 0.264 e. The Bertz CT molecular complexity index is 1140. The van der Waals surface area contributed by atoms with Gasteiger partial charge in [-0.05, 0) is 61.4 Å². The number of hydrogen-bond acceptors (Lipinski definition) is 3. The molecule has 1 unspecified atom stereocenters. The molecule has 0 aliphatic carbocycles. The summed E-state index contributed by atoms with van der Waals surface area (Å²) >= 11 is 0. The van der Waals surface area contributed by atoms with Crippen LogP contribution in [0.1, 0.15) is 29.7 Å². The minimum atomic E-state index is -3.67. The maximum absolute atomic E-state index is 13.0. The van der Waals surface area contributed by atoms with Gasteiger partial charge in [-0.15, -0.1) is 0 Å². The van der Waals surface area contributed by atoms with Gasteiger partial charge < -0.3 is 5.32 Å². The standard InChI is InChI=1S/C24H25FN2O3S/c1-17-4-14-23(15-5-17)31(29,30)27(3)22-12-6-19(7-13-22)16-24(28)26-18(2)20-8-10-21(25)11-9-20/h4-15,18H,16H2,1-3H3,(H,26,28). The highest BCUT2D eigenvalue weighted by Crippen LogP contribution is 2.23. The second kappa shape index (κ2) is 9.31. The van der Waals surface area contributed by atoms with E-state index in [0.717, 1.165) is 16.7 Å². The van der Waals surface area contributed by atoms with Gasteiger partial charge in [-0.1, -0.05) is 42.0 Å². The molecule has 0 aliphatic heterocycles. The highest BCUT2D eigenvalue weighted by molar-refractivity contribution is 7.92. The summed E-state index contributed by atoms with van der Waals surface area (Å²) in [7, 11) is -2.17. The van der Waals surface area contributed by atoms with Crippen molar-refractivity contribution in [3.8, 4) is 0 Å². The van der Waals surface area contributed by atoms with Crippen LogP contribution in [0.25, 0.3) is 0 Å². The third-order valence-electron chi connectivity index (χ3n) is 5.09. The molecular weight excluding hydrogens is 415 g/mol.